The zero-order valence-corrected chi connectivity index (χ0v) is 13.5. The quantitative estimate of drug-likeness (QED) is 0.536. The second-order valence-electron chi connectivity index (χ2n) is 5.60. The van der Waals surface area contributed by atoms with Gasteiger partial charge in [0.05, 0.1) is 18.4 Å². The maximum Gasteiger partial charge on any atom is 0.240 e. The van der Waals surface area contributed by atoms with E-state index in [0.29, 0.717) is 18.3 Å². The van der Waals surface area contributed by atoms with Crippen LogP contribution in [0.5, 0.6) is 0 Å². The maximum absolute atomic E-state index is 9.24. The Kier molecular flexibility index (Phi) is 3.96. The second-order valence-corrected chi connectivity index (χ2v) is 5.60. The molecule has 0 fully saturated rings. The van der Waals surface area contributed by atoms with Crippen LogP contribution in [0.4, 0.5) is 0 Å². The molecule has 0 aliphatic heterocycles. The first kappa shape index (κ1) is 15.4. The monoisotopic (exact) mass is 336 g/mol. The summed E-state index contributed by atoms with van der Waals surface area (Å²) in [5.41, 5.74) is 3.38. The molecule has 3 aromatic heterocycles. The molecule has 2 N–H and O–H groups in total. The van der Waals surface area contributed by atoms with Crippen molar-refractivity contribution in [3.05, 3.63) is 54.7 Å². The largest absolute Gasteiger partial charge is 0.379 e. The van der Waals surface area contributed by atoms with Crippen LogP contribution in [0, 0.1) is 0 Å². The van der Waals surface area contributed by atoms with Crippen LogP contribution in [0.2, 0.25) is 0 Å². The summed E-state index contributed by atoms with van der Waals surface area (Å²) in [6.45, 7) is 1.94. The third-order valence-electron chi connectivity index (χ3n) is 3.67. The number of nitrogens with zero attached hydrogens (tertiary/aromatic N) is 5. The van der Waals surface area contributed by atoms with Gasteiger partial charge in [-0.1, -0.05) is 23.4 Å². The second kappa shape index (κ2) is 6.42. The Morgan fingerprint density at radius 2 is 2.08 bits per heavy atom. The Bertz CT molecular complexity index is 974. The lowest BCUT2D eigenvalue weighted by Crippen LogP contribution is -2.24. The smallest absolute Gasteiger partial charge is 0.240 e. The molecule has 0 saturated heterocycles. The maximum atomic E-state index is 9.24. The molecule has 0 radical (unpaired) electrons. The third kappa shape index (κ3) is 3.25. The van der Waals surface area contributed by atoms with Crippen molar-refractivity contribution in [3.8, 4) is 22.6 Å². The molecule has 126 valence electrons. The van der Waals surface area contributed by atoms with Crippen molar-refractivity contribution < 1.29 is 9.63 Å². The molecule has 1 unspecified atom stereocenters. The SMILES string of the molecule is CC(O)NCc1nc(-c2cccc(-c3cn4ncccc4n3)c2)no1. The lowest BCUT2D eigenvalue weighted by atomic mass is 10.1. The van der Waals surface area contributed by atoms with Crippen molar-refractivity contribution >= 4 is 5.65 Å². The number of hydrogen-bond donors (Lipinski definition) is 2. The molecule has 8 nitrogen and oxygen atoms in total. The van der Waals surface area contributed by atoms with E-state index in [4.69, 9.17) is 4.52 Å². The van der Waals surface area contributed by atoms with Crippen molar-refractivity contribution in [1.82, 2.24) is 30.1 Å². The molecule has 0 saturated carbocycles. The van der Waals surface area contributed by atoms with Gasteiger partial charge >= 0.3 is 0 Å². The van der Waals surface area contributed by atoms with Crippen LogP contribution in [0.15, 0.2) is 53.3 Å². The van der Waals surface area contributed by atoms with Gasteiger partial charge in [0.2, 0.25) is 11.7 Å². The Balaban J connectivity index is 1.63. The number of aromatic nitrogens is 5. The average molecular weight is 336 g/mol. The summed E-state index contributed by atoms with van der Waals surface area (Å²) in [5.74, 6) is 0.907. The van der Waals surface area contributed by atoms with E-state index in [1.54, 1.807) is 17.6 Å². The van der Waals surface area contributed by atoms with Gasteiger partial charge in [0, 0.05) is 17.3 Å². The van der Waals surface area contributed by atoms with Crippen LogP contribution in [0.3, 0.4) is 0 Å². The van der Waals surface area contributed by atoms with Gasteiger partial charge in [-0.2, -0.15) is 10.1 Å². The van der Waals surface area contributed by atoms with Gasteiger partial charge in [-0.15, -0.1) is 0 Å². The Morgan fingerprint density at radius 1 is 1.20 bits per heavy atom. The van der Waals surface area contributed by atoms with E-state index >= 15 is 0 Å². The van der Waals surface area contributed by atoms with E-state index < -0.39 is 6.23 Å². The van der Waals surface area contributed by atoms with E-state index in [1.807, 2.05) is 42.6 Å². The Morgan fingerprint density at radius 3 is 2.92 bits per heavy atom. The van der Waals surface area contributed by atoms with E-state index in [2.05, 4.69) is 25.5 Å². The highest BCUT2D eigenvalue weighted by atomic mass is 16.5. The topological polar surface area (TPSA) is 101 Å². The summed E-state index contributed by atoms with van der Waals surface area (Å²) in [7, 11) is 0. The van der Waals surface area contributed by atoms with Gasteiger partial charge in [0.25, 0.3) is 0 Å². The van der Waals surface area contributed by atoms with E-state index in [0.717, 1.165) is 22.5 Å². The van der Waals surface area contributed by atoms with Crippen molar-refractivity contribution in [2.24, 2.45) is 0 Å². The Labute approximate surface area is 143 Å². The molecule has 1 atom stereocenters. The fraction of sp³-hybridized carbons (Fsp3) is 0.176. The molecule has 4 aromatic rings. The van der Waals surface area contributed by atoms with E-state index in [9.17, 15) is 5.11 Å². The molecule has 1 aromatic carbocycles. The molecule has 0 aliphatic carbocycles. The fourth-order valence-corrected chi connectivity index (χ4v) is 2.47. The van der Waals surface area contributed by atoms with Crippen molar-refractivity contribution in [2.45, 2.75) is 19.7 Å². The summed E-state index contributed by atoms with van der Waals surface area (Å²) in [6.07, 6.45) is 2.96. The standard InChI is InChI=1S/C17H16N6O2/c1-11(24)18-9-16-21-17(22-25-16)13-5-2-4-12(8-13)14-10-23-15(20-14)6-3-7-19-23/h2-8,10-11,18,24H,9H2,1H3. The molecular formula is C17H16N6O2. The van der Waals surface area contributed by atoms with E-state index in [1.165, 1.54) is 0 Å². The normalized spacial score (nSPS) is 12.6. The van der Waals surface area contributed by atoms with Crippen molar-refractivity contribution in [3.63, 3.8) is 0 Å². The molecule has 8 heteroatoms. The Hall–Kier alpha value is -3.10. The first-order chi connectivity index (χ1) is 12.2. The first-order valence-electron chi connectivity index (χ1n) is 7.84. The fourth-order valence-electron chi connectivity index (χ4n) is 2.47. The van der Waals surface area contributed by atoms with Crippen LogP contribution in [-0.4, -0.2) is 36.1 Å². The highest BCUT2D eigenvalue weighted by Gasteiger charge is 2.11. The predicted octanol–water partition coefficient (Wildman–Crippen LogP) is 1.87. The number of imidazole rings is 1. The van der Waals surface area contributed by atoms with Crippen LogP contribution in [0.1, 0.15) is 12.8 Å². The number of nitrogens with one attached hydrogen (secondary N) is 1. The first-order valence-corrected chi connectivity index (χ1v) is 7.84. The summed E-state index contributed by atoms with van der Waals surface area (Å²) in [6, 6.07) is 11.5. The number of aliphatic hydroxyl groups excluding tert-OH is 1. The predicted molar refractivity (Wildman–Crippen MR) is 90.2 cm³/mol. The van der Waals surface area contributed by atoms with Gasteiger partial charge in [-0.05, 0) is 25.1 Å². The summed E-state index contributed by atoms with van der Waals surface area (Å²) >= 11 is 0. The molecular weight excluding hydrogens is 320 g/mol. The summed E-state index contributed by atoms with van der Waals surface area (Å²) < 4.78 is 6.93. The number of aliphatic hydroxyl groups is 1. The van der Waals surface area contributed by atoms with Crippen LogP contribution in [-0.2, 0) is 6.54 Å². The van der Waals surface area contributed by atoms with Gasteiger partial charge in [-0.3, -0.25) is 5.32 Å². The number of hydrogen-bond acceptors (Lipinski definition) is 7. The summed E-state index contributed by atoms with van der Waals surface area (Å²) in [4.78, 5) is 8.91. The highest BCUT2D eigenvalue weighted by molar-refractivity contribution is 5.69. The molecule has 0 amide bonds. The molecule has 4 rings (SSSR count). The molecule has 3 heterocycles. The van der Waals surface area contributed by atoms with Gasteiger partial charge < -0.3 is 9.63 Å². The van der Waals surface area contributed by atoms with Crippen LogP contribution in [0.25, 0.3) is 28.3 Å². The lowest BCUT2D eigenvalue weighted by molar-refractivity contribution is 0.149. The molecule has 0 bridgehead atoms. The molecule has 0 aliphatic rings. The van der Waals surface area contributed by atoms with Crippen molar-refractivity contribution in [2.75, 3.05) is 0 Å². The number of rotatable bonds is 5. The molecule has 25 heavy (non-hydrogen) atoms. The van der Waals surface area contributed by atoms with E-state index in [-0.39, 0.29) is 0 Å². The van der Waals surface area contributed by atoms with Crippen LogP contribution >= 0.6 is 0 Å². The lowest BCUT2D eigenvalue weighted by Gasteiger charge is -2.02. The minimum Gasteiger partial charge on any atom is -0.379 e. The number of benzene rings is 1. The zero-order chi connectivity index (χ0) is 17.2. The zero-order valence-electron chi connectivity index (χ0n) is 13.5. The minimum atomic E-state index is -0.637. The minimum absolute atomic E-state index is 0.308. The number of fused-ring (bicyclic) bond motifs is 1. The van der Waals surface area contributed by atoms with Crippen molar-refractivity contribution in [1.29, 1.82) is 0 Å². The van der Waals surface area contributed by atoms with Gasteiger partial charge in [-0.25, -0.2) is 9.50 Å². The third-order valence-corrected chi connectivity index (χ3v) is 3.67. The van der Waals surface area contributed by atoms with Crippen LogP contribution < -0.4 is 5.32 Å². The average Bonchev–Trinajstić information content (AvgIpc) is 3.27. The highest BCUT2D eigenvalue weighted by Crippen LogP contribution is 2.24. The molecule has 0 spiro atoms. The summed E-state index contributed by atoms with van der Waals surface area (Å²) in [5, 5.41) is 20.3. The van der Waals surface area contributed by atoms with Gasteiger partial charge in [0.1, 0.15) is 6.23 Å². The van der Waals surface area contributed by atoms with Gasteiger partial charge in [0.15, 0.2) is 5.65 Å².